The van der Waals surface area contributed by atoms with Crippen LogP contribution in [0.2, 0.25) is 0 Å². The summed E-state index contributed by atoms with van der Waals surface area (Å²) in [5.74, 6) is -2.11. The van der Waals surface area contributed by atoms with Crippen molar-refractivity contribution in [2.24, 2.45) is 0 Å². The van der Waals surface area contributed by atoms with Gasteiger partial charge in [-0.05, 0) is 31.5 Å². The first-order valence-electron chi connectivity index (χ1n) is 6.25. The normalized spacial score (nSPS) is 13.2. The van der Waals surface area contributed by atoms with Crippen molar-refractivity contribution in [1.82, 2.24) is 10.2 Å². The zero-order valence-corrected chi connectivity index (χ0v) is 12.1. The van der Waals surface area contributed by atoms with Crippen molar-refractivity contribution >= 4 is 5.91 Å². The minimum absolute atomic E-state index is 0.0532. The van der Waals surface area contributed by atoms with Crippen LogP contribution in [0.25, 0.3) is 0 Å². The fourth-order valence-corrected chi connectivity index (χ4v) is 1.82. The van der Waals surface area contributed by atoms with Gasteiger partial charge in [0.1, 0.15) is 0 Å². The molecule has 20 heavy (non-hydrogen) atoms. The number of benzene rings is 1. The molecule has 0 heterocycles. The number of β-amino-alcohol motifs (C(OH)–C–C–N with tert-alkyl or cyclic N) is 1. The first kappa shape index (κ1) is 16.5. The summed E-state index contributed by atoms with van der Waals surface area (Å²) in [7, 11) is 3.27. The fraction of sp³-hybridized carbons (Fsp3) is 0.500. The summed E-state index contributed by atoms with van der Waals surface area (Å²) >= 11 is 0. The quantitative estimate of drug-likeness (QED) is 0.861. The number of hydrogen-bond donors (Lipinski definition) is 2. The van der Waals surface area contributed by atoms with Crippen LogP contribution < -0.4 is 5.32 Å². The van der Waals surface area contributed by atoms with E-state index in [0.717, 1.165) is 12.1 Å². The Morgan fingerprint density at radius 1 is 1.35 bits per heavy atom. The molecule has 0 saturated carbocycles. The molecular formula is C14H20F2N2O2. The lowest BCUT2D eigenvalue weighted by Crippen LogP contribution is -2.53. The van der Waals surface area contributed by atoms with Gasteiger partial charge in [-0.3, -0.25) is 4.79 Å². The Labute approximate surface area is 117 Å². The molecule has 1 unspecified atom stereocenters. The molecule has 0 radical (unpaired) electrons. The Morgan fingerprint density at radius 3 is 2.45 bits per heavy atom. The highest BCUT2D eigenvalue weighted by atomic mass is 19.2. The second-order valence-electron chi connectivity index (χ2n) is 5.39. The van der Waals surface area contributed by atoms with E-state index in [1.807, 2.05) is 0 Å². The maximum Gasteiger partial charge on any atom is 0.241 e. The van der Waals surface area contributed by atoms with Crippen molar-refractivity contribution < 1.29 is 18.7 Å². The topological polar surface area (TPSA) is 52.6 Å². The highest BCUT2D eigenvalue weighted by molar-refractivity contribution is 5.85. The van der Waals surface area contributed by atoms with Gasteiger partial charge in [0.2, 0.25) is 5.91 Å². The second-order valence-corrected chi connectivity index (χ2v) is 5.39. The van der Waals surface area contributed by atoms with E-state index in [0.29, 0.717) is 0 Å². The summed E-state index contributed by atoms with van der Waals surface area (Å²) in [6.45, 7) is 3.43. The first-order valence-corrected chi connectivity index (χ1v) is 6.25. The molecule has 6 heteroatoms. The highest BCUT2D eigenvalue weighted by Crippen LogP contribution is 2.17. The summed E-state index contributed by atoms with van der Waals surface area (Å²) in [4.78, 5) is 13.3. The second kappa shape index (κ2) is 6.28. The maximum absolute atomic E-state index is 13.1. The molecule has 2 N–H and O–H groups in total. The number of nitrogens with one attached hydrogen (secondary N) is 1. The molecule has 1 rings (SSSR count). The van der Waals surface area contributed by atoms with Crippen molar-refractivity contribution in [3.05, 3.63) is 35.4 Å². The third-order valence-electron chi connectivity index (χ3n) is 3.01. The van der Waals surface area contributed by atoms with Crippen LogP contribution in [0.5, 0.6) is 0 Å². The molecule has 1 aromatic carbocycles. The van der Waals surface area contributed by atoms with Gasteiger partial charge < -0.3 is 15.3 Å². The van der Waals surface area contributed by atoms with Crippen LogP contribution in [0.4, 0.5) is 8.78 Å². The molecule has 0 aliphatic heterocycles. The molecule has 0 aliphatic rings. The summed E-state index contributed by atoms with van der Waals surface area (Å²) in [5, 5.41) is 12.9. The van der Waals surface area contributed by atoms with Gasteiger partial charge in [0.15, 0.2) is 11.6 Å². The van der Waals surface area contributed by atoms with Crippen LogP contribution in [-0.4, -0.2) is 42.1 Å². The van der Waals surface area contributed by atoms with E-state index < -0.39 is 23.3 Å². The first-order chi connectivity index (χ1) is 9.15. The van der Waals surface area contributed by atoms with Gasteiger partial charge in [-0.1, -0.05) is 6.07 Å². The van der Waals surface area contributed by atoms with Crippen LogP contribution in [0, 0.1) is 11.6 Å². The number of hydrogen-bond acceptors (Lipinski definition) is 3. The van der Waals surface area contributed by atoms with Gasteiger partial charge in [-0.2, -0.15) is 0 Å². The van der Waals surface area contributed by atoms with Crippen molar-refractivity contribution in [1.29, 1.82) is 0 Å². The molecule has 112 valence electrons. The van der Waals surface area contributed by atoms with E-state index in [2.05, 4.69) is 5.32 Å². The van der Waals surface area contributed by atoms with Crippen LogP contribution in [0.3, 0.4) is 0 Å². The van der Waals surface area contributed by atoms with E-state index in [-0.39, 0.29) is 18.0 Å². The van der Waals surface area contributed by atoms with Gasteiger partial charge >= 0.3 is 0 Å². The lowest BCUT2D eigenvalue weighted by molar-refractivity contribution is -0.134. The van der Waals surface area contributed by atoms with Gasteiger partial charge in [-0.25, -0.2) is 8.78 Å². The summed E-state index contributed by atoms with van der Waals surface area (Å²) < 4.78 is 25.9. The third kappa shape index (κ3) is 3.98. The molecule has 0 bridgehead atoms. The van der Waals surface area contributed by atoms with Crippen LogP contribution in [-0.2, 0) is 4.79 Å². The van der Waals surface area contributed by atoms with Crippen molar-refractivity contribution in [2.45, 2.75) is 25.5 Å². The molecule has 1 amide bonds. The summed E-state index contributed by atoms with van der Waals surface area (Å²) in [6, 6.07) is 3.22. The van der Waals surface area contributed by atoms with Crippen LogP contribution in [0.1, 0.15) is 25.5 Å². The maximum atomic E-state index is 13.1. The Morgan fingerprint density at radius 2 is 1.95 bits per heavy atom. The predicted molar refractivity (Wildman–Crippen MR) is 72.1 cm³/mol. The zero-order chi connectivity index (χ0) is 15.5. The summed E-state index contributed by atoms with van der Waals surface area (Å²) in [6.07, 6.45) is -1.03. The summed E-state index contributed by atoms with van der Waals surface area (Å²) in [5.41, 5.74) is -0.604. The Kier molecular flexibility index (Phi) is 5.19. The minimum Gasteiger partial charge on any atom is -0.387 e. The lowest BCUT2D eigenvalue weighted by Gasteiger charge is -2.29. The fourth-order valence-electron chi connectivity index (χ4n) is 1.82. The standard InChI is InChI=1S/C14H20F2N2O2/c1-14(2,13(20)18(3)4)17-8-12(19)9-5-6-10(15)11(16)7-9/h5-7,12,17,19H,8H2,1-4H3. The highest BCUT2D eigenvalue weighted by Gasteiger charge is 2.29. The monoisotopic (exact) mass is 286 g/mol. The van der Waals surface area contributed by atoms with E-state index >= 15 is 0 Å². The van der Waals surface area contributed by atoms with Gasteiger partial charge in [0.05, 0.1) is 11.6 Å². The van der Waals surface area contributed by atoms with Crippen molar-refractivity contribution in [3.63, 3.8) is 0 Å². The predicted octanol–water partition coefficient (Wildman–Crippen LogP) is 1.45. The number of likely N-dealkylation sites (N-methyl/N-ethyl adjacent to an activating group) is 1. The van der Waals surface area contributed by atoms with Gasteiger partial charge in [-0.15, -0.1) is 0 Å². The lowest BCUT2D eigenvalue weighted by atomic mass is 10.0. The third-order valence-corrected chi connectivity index (χ3v) is 3.01. The molecule has 0 fully saturated rings. The Hall–Kier alpha value is -1.53. The number of halogens is 2. The average Bonchev–Trinajstić information content (AvgIpc) is 2.38. The molecule has 4 nitrogen and oxygen atoms in total. The van der Waals surface area contributed by atoms with Gasteiger partial charge in [0.25, 0.3) is 0 Å². The number of aliphatic hydroxyl groups excluding tert-OH is 1. The Balaban J connectivity index is 2.69. The van der Waals surface area contributed by atoms with Crippen LogP contribution in [0.15, 0.2) is 18.2 Å². The molecule has 0 aromatic heterocycles. The molecule has 0 aliphatic carbocycles. The van der Waals surface area contributed by atoms with Crippen LogP contribution >= 0.6 is 0 Å². The molecular weight excluding hydrogens is 266 g/mol. The molecule has 1 atom stereocenters. The number of aliphatic hydroxyl groups is 1. The van der Waals surface area contributed by atoms with E-state index in [4.69, 9.17) is 0 Å². The van der Waals surface area contributed by atoms with Gasteiger partial charge in [0, 0.05) is 20.6 Å². The zero-order valence-electron chi connectivity index (χ0n) is 12.1. The largest absolute Gasteiger partial charge is 0.387 e. The number of rotatable bonds is 5. The average molecular weight is 286 g/mol. The van der Waals surface area contributed by atoms with E-state index in [1.54, 1.807) is 27.9 Å². The molecule has 0 spiro atoms. The number of amides is 1. The van der Waals surface area contributed by atoms with E-state index in [9.17, 15) is 18.7 Å². The minimum atomic E-state index is -1.03. The van der Waals surface area contributed by atoms with Crippen molar-refractivity contribution in [2.75, 3.05) is 20.6 Å². The number of nitrogens with zero attached hydrogens (tertiary/aromatic N) is 1. The molecule has 1 aromatic rings. The van der Waals surface area contributed by atoms with Crippen molar-refractivity contribution in [3.8, 4) is 0 Å². The SMILES string of the molecule is CN(C)C(=O)C(C)(C)NCC(O)c1ccc(F)c(F)c1. The smallest absolute Gasteiger partial charge is 0.241 e. The number of carbonyl (C=O) groups excluding carboxylic acids is 1. The number of carbonyl (C=O) groups is 1. The Bertz CT molecular complexity index is 490. The van der Waals surface area contributed by atoms with E-state index in [1.165, 1.54) is 11.0 Å². The molecule has 0 saturated heterocycles.